The van der Waals surface area contributed by atoms with E-state index in [4.69, 9.17) is 40.8 Å². The number of nitrogens with zero attached hydrogens (tertiary/aromatic N) is 2. The maximum atomic E-state index is 13.4. The zero-order valence-electron chi connectivity index (χ0n) is 25.2. The van der Waals surface area contributed by atoms with Crippen LogP contribution in [0, 0.1) is 0 Å². The molecule has 1 saturated heterocycles. The zero-order valence-corrected chi connectivity index (χ0v) is 25.9. The van der Waals surface area contributed by atoms with Crippen molar-refractivity contribution in [3.05, 3.63) is 148 Å². The predicted molar refractivity (Wildman–Crippen MR) is 175 cm³/mol. The maximum absolute atomic E-state index is 13.4. The van der Waals surface area contributed by atoms with Crippen LogP contribution in [0.5, 0.6) is 0 Å². The molecule has 0 spiro atoms. The van der Waals surface area contributed by atoms with Crippen molar-refractivity contribution in [3.63, 3.8) is 0 Å². The average molecular weight is 666 g/mol. The molecule has 1 aromatic heterocycles. The summed E-state index contributed by atoms with van der Waals surface area (Å²) in [6.45, 7) is -0.352. The Morgan fingerprint density at radius 1 is 0.792 bits per heavy atom. The van der Waals surface area contributed by atoms with E-state index in [1.807, 2.05) is 0 Å². The van der Waals surface area contributed by atoms with E-state index in [0.717, 1.165) is 0 Å². The number of carbonyl (C=O) groups is 3. The Hall–Kier alpha value is -5.78. The van der Waals surface area contributed by atoms with Crippen molar-refractivity contribution in [3.8, 4) is 0 Å². The molecule has 2 heterocycles. The third-order valence-corrected chi connectivity index (χ3v) is 7.66. The lowest BCUT2D eigenvalue weighted by atomic mass is 10.0. The normalized spacial score (nSPS) is 18.8. The lowest BCUT2D eigenvalue weighted by Crippen LogP contribution is -2.40. The number of anilines is 1. The molecule has 0 aliphatic carbocycles. The SMILES string of the molecule is Nc1cc(Cl)ccc1N=Cc1cnoc1[C@@H]1O[C@H](COC(=O)c2ccccc2)[C@@H](OC(=O)c2ccccc2)[C@H]1OC(=O)c1ccccc1. The summed E-state index contributed by atoms with van der Waals surface area (Å²) >= 11 is 6.03. The first-order valence-corrected chi connectivity index (χ1v) is 15.2. The highest BCUT2D eigenvalue weighted by atomic mass is 35.5. The predicted octanol–water partition coefficient (Wildman–Crippen LogP) is 6.41. The van der Waals surface area contributed by atoms with Crippen LogP contribution in [0.2, 0.25) is 5.02 Å². The summed E-state index contributed by atoms with van der Waals surface area (Å²) in [6.07, 6.45) is -1.92. The fourth-order valence-corrected chi connectivity index (χ4v) is 5.22. The molecule has 4 atom stereocenters. The van der Waals surface area contributed by atoms with Crippen LogP contribution in [0.15, 0.2) is 125 Å². The summed E-state index contributed by atoms with van der Waals surface area (Å²) in [5.74, 6) is -1.92. The number of aliphatic imine (C=N–C) groups is 1. The molecule has 5 aromatic rings. The number of esters is 3. The number of nitrogen functional groups attached to an aromatic ring is 1. The molecule has 1 aliphatic rings. The van der Waals surface area contributed by atoms with Crippen LogP contribution in [0.25, 0.3) is 0 Å². The van der Waals surface area contributed by atoms with E-state index < -0.39 is 42.3 Å². The van der Waals surface area contributed by atoms with E-state index in [1.54, 1.807) is 109 Å². The van der Waals surface area contributed by atoms with Gasteiger partial charge in [0.15, 0.2) is 24.1 Å². The zero-order chi connectivity index (χ0) is 33.5. The Bertz CT molecular complexity index is 1920. The minimum absolute atomic E-state index is 0.120. The van der Waals surface area contributed by atoms with Crippen LogP contribution >= 0.6 is 11.6 Å². The van der Waals surface area contributed by atoms with Gasteiger partial charge in [-0.05, 0) is 54.6 Å². The van der Waals surface area contributed by atoms with E-state index in [1.165, 1.54) is 12.4 Å². The molecule has 4 aromatic carbocycles. The average Bonchev–Trinajstić information content (AvgIpc) is 3.72. The van der Waals surface area contributed by atoms with E-state index in [-0.39, 0.29) is 23.5 Å². The van der Waals surface area contributed by atoms with Gasteiger partial charge in [0.25, 0.3) is 0 Å². The Balaban J connectivity index is 1.35. The fraction of sp³-hybridized carbons (Fsp3) is 0.139. The van der Waals surface area contributed by atoms with Crippen molar-refractivity contribution < 1.29 is 37.9 Å². The molecule has 1 fully saturated rings. The summed E-state index contributed by atoms with van der Waals surface area (Å²) < 4.78 is 29.6. The number of carbonyl (C=O) groups excluding carboxylic acids is 3. The molecule has 0 saturated carbocycles. The monoisotopic (exact) mass is 665 g/mol. The minimum atomic E-state index is -1.27. The van der Waals surface area contributed by atoms with Gasteiger partial charge >= 0.3 is 17.9 Å². The van der Waals surface area contributed by atoms with Crippen LogP contribution in [0.1, 0.15) is 48.5 Å². The topological polar surface area (TPSA) is 153 Å². The Labute approximate surface area is 279 Å². The molecule has 242 valence electrons. The highest BCUT2D eigenvalue weighted by Gasteiger charge is 2.53. The van der Waals surface area contributed by atoms with Gasteiger partial charge in [-0.1, -0.05) is 71.4 Å². The number of ether oxygens (including phenoxy) is 4. The molecule has 0 bridgehead atoms. The standard InChI is InChI=1S/C36H28ClN3O8/c37-26-16-17-28(27(38)18-26)39-19-25-20-40-48-30(25)32-33(47-36(43)24-14-8-3-9-15-24)31(46-35(42)23-12-6-2-7-13-23)29(45-32)21-44-34(41)22-10-4-1-5-11-22/h1-20,29,31-33H,21,38H2/t29-,31-,32+,33-/m1/s1. The second-order valence-corrected chi connectivity index (χ2v) is 11.1. The van der Waals surface area contributed by atoms with Gasteiger partial charge in [-0.3, -0.25) is 4.99 Å². The number of halogens is 1. The summed E-state index contributed by atoms with van der Waals surface area (Å²) in [6, 6.07) is 29.8. The van der Waals surface area contributed by atoms with Gasteiger partial charge in [0.2, 0.25) is 0 Å². The molecule has 0 amide bonds. The lowest BCUT2D eigenvalue weighted by Gasteiger charge is -2.24. The first-order chi connectivity index (χ1) is 23.4. The second kappa shape index (κ2) is 14.8. The maximum Gasteiger partial charge on any atom is 0.338 e. The smallest absolute Gasteiger partial charge is 0.338 e. The van der Waals surface area contributed by atoms with Gasteiger partial charge in [-0.25, -0.2) is 14.4 Å². The van der Waals surface area contributed by atoms with Crippen molar-refractivity contribution in [1.82, 2.24) is 5.16 Å². The molecule has 1 aliphatic heterocycles. The van der Waals surface area contributed by atoms with Crippen LogP contribution in [-0.4, -0.2) is 54.2 Å². The Kier molecular flexibility index (Phi) is 9.89. The van der Waals surface area contributed by atoms with Crippen molar-refractivity contribution in [2.24, 2.45) is 4.99 Å². The first-order valence-electron chi connectivity index (χ1n) is 14.8. The van der Waals surface area contributed by atoms with E-state index in [9.17, 15) is 14.4 Å². The van der Waals surface area contributed by atoms with Crippen molar-refractivity contribution in [2.75, 3.05) is 12.3 Å². The number of aromatic nitrogens is 1. The molecule has 11 nitrogen and oxygen atoms in total. The summed E-state index contributed by atoms with van der Waals surface area (Å²) in [4.78, 5) is 44.2. The molecular weight excluding hydrogens is 638 g/mol. The molecule has 2 N–H and O–H groups in total. The van der Waals surface area contributed by atoms with Gasteiger partial charge in [-0.15, -0.1) is 0 Å². The summed E-state index contributed by atoms with van der Waals surface area (Å²) in [7, 11) is 0. The summed E-state index contributed by atoms with van der Waals surface area (Å²) in [5, 5.41) is 4.38. The third-order valence-electron chi connectivity index (χ3n) is 7.42. The molecule has 0 radical (unpaired) electrons. The number of benzene rings is 4. The van der Waals surface area contributed by atoms with Crippen molar-refractivity contribution in [2.45, 2.75) is 24.4 Å². The quantitative estimate of drug-likeness (QED) is 0.0766. The molecule has 12 heteroatoms. The van der Waals surface area contributed by atoms with Gasteiger partial charge < -0.3 is 29.2 Å². The van der Waals surface area contributed by atoms with Crippen LogP contribution in [-0.2, 0) is 18.9 Å². The third kappa shape index (κ3) is 7.43. The Morgan fingerprint density at radius 2 is 1.35 bits per heavy atom. The first kappa shape index (κ1) is 32.2. The number of rotatable bonds is 10. The number of hydrogen-bond acceptors (Lipinski definition) is 11. The Morgan fingerprint density at radius 3 is 1.94 bits per heavy atom. The number of nitrogens with two attached hydrogens (primary N) is 1. The van der Waals surface area contributed by atoms with Crippen LogP contribution in [0.3, 0.4) is 0 Å². The highest BCUT2D eigenvalue weighted by Crippen LogP contribution is 2.40. The highest BCUT2D eigenvalue weighted by molar-refractivity contribution is 6.31. The van der Waals surface area contributed by atoms with Crippen molar-refractivity contribution >= 4 is 47.1 Å². The van der Waals surface area contributed by atoms with Gasteiger partial charge in [-0.2, -0.15) is 0 Å². The second-order valence-electron chi connectivity index (χ2n) is 10.6. The number of hydrogen-bond donors (Lipinski definition) is 1. The van der Waals surface area contributed by atoms with Crippen LogP contribution in [0.4, 0.5) is 11.4 Å². The minimum Gasteiger partial charge on any atom is -0.459 e. The molecule has 48 heavy (non-hydrogen) atoms. The fourth-order valence-electron chi connectivity index (χ4n) is 5.04. The van der Waals surface area contributed by atoms with E-state index in [2.05, 4.69) is 10.1 Å². The summed E-state index contributed by atoms with van der Waals surface area (Å²) in [5.41, 5.74) is 8.04. The van der Waals surface area contributed by atoms with Gasteiger partial charge in [0.1, 0.15) is 12.7 Å². The van der Waals surface area contributed by atoms with E-state index >= 15 is 0 Å². The molecule has 0 unspecified atom stereocenters. The lowest BCUT2D eigenvalue weighted by molar-refractivity contribution is -0.0467. The largest absolute Gasteiger partial charge is 0.459 e. The van der Waals surface area contributed by atoms with Gasteiger partial charge in [0.05, 0.1) is 39.8 Å². The van der Waals surface area contributed by atoms with Crippen molar-refractivity contribution in [1.29, 1.82) is 0 Å². The van der Waals surface area contributed by atoms with E-state index in [0.29, 0.717) is 27.5 Å². The molecule has 6 rings (SSSR count). The van der Waals surface area contributed by atoms with Gasteiger partial charge in [0, 0.05) is 11.2 Å². The van der Waals surface area contributed by atoms with Crippen LogP contribution < -0.4 is 5.73 Å². The molecular formula is C36H28ClN3O8.